The maximum absolute atomic E-state index is 10.9. The zero-order valence-electron chi connectivity index (χ0n) is 9.95. The molecule has 4 nitrogen and oxygen atoms in total. The maximum Gasteiger partial charge on any atom is 0.288 e. The molecule has 0 aliphatic carbocycles. The Balaban J connectivity index is 2.02. The van der Waals surface area contributed by atoms with Gasteiger partial charge in [-0.25, -0.2) is 4.98 Å². The van der Waals surface area contributed by atoms with Crippen LogP contribution in [0.1, 0.15) is 0 Å². The molecular weight excluding hydrogens is 316 g/mol. The molecule has 0 N–H and O–H groups in total. The molecule has 0 aliphatic heterocycles. The summed E-state index contributed by atoms with van der Waals surface area (Å²) in [7, 11) is 0. The lowest BCUT2D eigenvalue weighted by atomic mass is 10.1. The second kappa shape index (κ2) is 5.32. The summed E-state index contributed by atoms with van der Waals surface area (Å²) in [6.45, 7) is 0. The topological polar surface area (TPSA) is 56.0 Å². The first-order chi connectivity index (χ1) is 9.65. The van der Waals surface area contributed by atoms with Gasteiger partial charge in [-0.1, -0.05) is 17.7 Å². The zero-order chi connectivity index (χ0) is 14.1. The summed E-state index contributed by atoms with van der Waals surface area (Å²) in [5.74, 6) is 0. The van der Waals surface area contributed by atoms with Crippen molar-refractivity contribution in [2.24, 2.45) is 0 Å². The van der Waals surface area contributed by atoms with Gasteiger partial charge in [-0.2, -0.15) is 11.3 Å². The predicted molar refractivity (Wildman–Crippen MR) is 82.5 cm³/mol. The smallest absolute Gasteiger partial charge is 0.258 e. The van der Waals surface area contributed by atoms with Crippen molar-refractivity contribution < 1.29 is 4.92 Å². The molecule has 3 rings (SSSR count). The number of nitrogens with zero attached hydrogens (tertiary/aromatic N) is 2. The Hall–Kier alpha value is -1.76. The molecular formula is C13H7ClN2O2S2. The first-order valence-electron chi connectivity index (χ1n) is 5.57. The zero-order valence-corrected chi connectivity index (χ0v) is 12.3. The van der Waals surface area contributed by atoms with Crippen LogP contribution in [0.5, 0.6) is 0 Å². The SMILES string of the molecule is O=[N+]([O-])c1cc(-c2csc(-c3ccsc3)n2)ccc1Cl. The van der Waals surface area contributed by atoms with E-state index >= 15 is 0 Å². The molecule has 2 aromatic heterocycles. The number of benzene rings is 1. The van der Waals surface area contributed by atoms with Crippen LogP contribution in [0.4, 0.5) is 5.69 Å². The van der Waals surface area contributed by atoms with Gasteiger partial charge in [0.25, 0.3) is 5.69 Å². The van der Waals surface area contributed by atoms with Crippen molar-refractivity contribution >= 4 is 40.0 Å². The van der Waals surface area contributed by atoms with E-state index in [1.807, 2.05) is 22.2 Å². The first-order valence-corrected chi connectivity index (χ1v) is 7.77. The normalized spacial score (nSPS) is 10.7. The van der Waals surface area contributed by atoms with Crippen molar-refractivity contribution in [1.29, 1.82) is 0 Å². The highest BCUT2D eigenvalue weighted by Gasteiger charge is 2.15. The van der Waals surface area contributed by atoms with Crippen LogP contribution in [-0.4, -0.2) is 9.91 Å². The molecule has 2 heterocycles. The second-order valence-electron chi connectivity index (χ2n) is 3.97. The monoisotopic (exact) mass is 322 g/mol. The van der Waals surface area contributed by atoms with Crippen molar-refractivity contribution in [2.75, 3.05) is 0 Å². The largest absolute Gasteiger partial charge is 0.288 e. The Morgan fingerprint density at radius 3 is 2.75 bits per heavy atom. The lowest BCUT2D eigenvalue weighted by Gasteiger charge is -1.99. The fraction of sp³-hybridized carbons (Fsp3) is 0. The minimum atomic E-state index is -0.488. The quantitative estimate of drug-likeness (QED) is 0.498. The molecule has 0 saturated carbocycles. The second-order valence-corrected chi connectivity index (χ2v) is 6.02. The molecule has 20 heavy (non-hydrogen) atoms. The average molecular weight is 323 g/mol. The van der Waals surface area contributed by atoms with E-state index in [-0.39, 0.29) is 10.7 Å². The Morgan fingerprint density at radius 1 is 1.20 bits per heavy atom. The maximum atomic E-state index is 10.9. The summed E-state index contributed by atoms with van der Waals surface area (Å²) in [5.41, 5.74) is 2.37. The number of aromatic nitrogens is 1. The van der Waals surface area contributed by atoms with Crippen molar-refractivity contribution in [2.45, 2.75) is 0 Å². The molecule has 1 aromatic carbocycles. The third kappa shape index (κ3) is 2.45. The summed E-state index contributed by atoms with van der Waals surface area (Å²) in [4.78, 5) is 14.9. The Labute approximate surface area is 127 Å². The third-order valence-electron chi connectivity index (χ3n) is 2.71. The van der Waals surface area contributed by atoms with E-state index in [4.69, 9.17) is 11.6 Å². The number of nitro benzene ring substituents is 1. The summed E-state index contributed by atoms with van der Waals surface area (Å²) in [6, 6.07) is 6.72. The van der Waals surface area contributed by atoms with Gasteiger partial charge in [0, 0.05) is 28.0 Å². The third-order valence-corrected chi connectivity index (χ3v) is 4.61. The van der Waals surface area contributed by atoms with Crippen LogP contribution in [0.2, 0.25) is 5.02 Å². The van der Waals surface area contributed by atoms with E-state index in [1.165, 1.54) is 23.5 Å². The van der Waals surface area contributed by atoms with E-state index < -0.39 is 4.92 Å². The van der Waals surface area contributed by atoms with Gasteiger partial charge in [-0.3, -0.25) is 10.1 Å². The van der Waals surface area contributed by atoms with Crippen LogP contribution in [0.25, 0.3) is 21.8 Å². The number of nitro groups is 1. The van der Waals surface area contributed by atoms with Gasteiger partial charge >= 0.3 is 0 Å². The molecule has 0 aliphatic rings. The lowest BCUT2D eigenvalue weighted by molar-refractivity contribution is -0.384. The number of thiophene rings is 1. The van der Waals surface area contributed by atoms with E-state index in [1.54, 1.807) is 17.4 Å². The molecule has 0 unspecified atom stereocenters. The summed E-state index contributed by atoms with van der Waals surface area (Å²) in [6.07, 6.45) is 0. The van der Waals surface area contributed by atoms with Gasteiger partial charge in [-0.05, 0) is 17.5 Å². The number of rotatable bonds is 3. The van der Waals surface area contributed by atoms with Crippen LogP contribution in [0, 0.1) is 10.1 Å². The van der Waals surface area contributed by atoms with Gasteiger partial charge in [0.05, 0.1) is 10.6 Å². The van der Waals surface area contributed by atoms with E-state index in [0.717, 1.165) is 16.3 Å². The molecule has 100 valence electrons. The highest BCUT2D eigenvalue weighted by molar-refractivity contribution is 7.14. The Morgan fingerprint density at radius 2 is 2.05 bits per heavy atom. The molecule has 0 spiro atoms. The average Bonchev–Trinajstić information content (AvgIpc) is 3.09. The standard InChI is InChI=1S/C13H7ClN2O2S2/c14-10-2-1-8(5-12(10)16(17)18)11-7-20-13(15-11)9-3-4-19-6-9/h1-7H. The Kier molecular flexibility index (Phi) is 3.52. The van der Waals surface area contributed by atoms with Crippen LogP contribution >= 0.6 is 34.3 Å². The summed E-state index contributed by atoms with van der Waals surface area (Å²) >= 11 is 8.93. The van der Waals surface area contributed by atoms with Crippen molar-refractivity contribution in [3.05, 3.63) is 55.5 Å². The summed E-state index contributed by atoms with van der Waals surface area (Å²) in [5, 5.41) is 17.8. The highest BCUT2D eigenvalue weighted by Crippen LogP contribution is 2.33. The molecule has 0 atom stereocenters. The molecule has 0 fully saturated rings. The summed E-state index contributed by atoms with van der Waals surface area (Å²) < 4.78 is 0. The Bertz CT molecular complexity index is 769. The molecule has 3 aromatic rings. The van der Waals surface area contributed by atoms with Crippen LogP contribution in [0.3, 0.4) is 0 Å². The number of hydrogen-bond acceptors (Lipinski definition) is 5. The fourth-order valence-corrected chi connectivity index (χ4v) is 3.46. The van der Waals surface area contributed by atoms with Gasteiger partial charge in [0.1, 0.15) is 10.0 Å². The number of hydrogen-bond donors (Lipinski definition) is 0. The first kappa shape index (κ1) is 13.2. The van der Waals surface area contributed by atoms with Crippen LogP contribution in [-0.2, 0) is 0 Å². The van der Waals surface area contributed by atoms with E-state index in [2.05, 4.69) is 4.98 Å². The minimum Gasteiger partial charge on any atom is -0.258 e. The van der Waals surface area contributed by atoms with Crippen LogP contribution in [0.15, 0.2) is 40.4 Å². The predicted octanol–water partition coefficient (Wildman–Crippen LogP) is 5.10. The van der Waals surface area contributed by atoms with Gasteiger partial charge < -0.3 is 0 Å². The van der Waals surface area contributed by atoms with Crippen molar-refractivity contribution in [3.8, 4) is 21.8 Å². The van der Waals surface area contributed by atoms with Crippen molar-refractivity contribution in [1.82, 2.24) is 4.98 Å². The molecule has 0 saturated heterocycles. The highest BCUT2D eigenvalue weighted by atomic mass is 35.5. The van der Waals surface area contributed by atoms with Gasteiger partial charge in [-0.15, -0.1) is 11.3 Å². The molecule has 0 radical (unpaired) electrons. The molecule has 0 bridgehead atoms. The number of thiazole rings is 1. The lowest BCUT2D eigenvalue weighted by Crippen LogP contribution is -1.90. The van der Waals surface area contributed by atoms with Crippen molar-refractivity contribution in [3.63, 3.8) is 0 Å². The molecule has 7 heteroatoms. The van der Waals surface area contributed by atoms with E-state index in [9.17, 15) is 10.1 Å². The molecule has 0 amide bonds. The van der Waals surface area contributed by atoms with Gasteiger partial charge in [0.2, 0.25) is 0 Å². The van der Waals surface area contributed by atoms with E-state index in [0.29, 0.717) is 5.56 Å². The van der Waals surface area contributed by atoms with Gasteiger partial charge in [0.15, 0.2) is 0 Å². The fourth-order valence-electron chi connectivity index (χ4n) is 1.74. The minimum absolute atomic E-state index is 0.103. The van der Waals surface area contributed by atoms with Crippen LogP contribution < -0.4 is 0 Å². The number of halogens is 1.